The van der Waals surface area contributed by atoms with Gasteiger partial charge in [-0.05, 0) is 94.4 Å². The zero-order valence-corrected chi connectivity index (χ0v) is 33.0. The van der Waals surface area contributed by atoms with Crippen LogP contribution >= 0.6 is 0 Å². The van der Waals surface area contributed by atoms with E-state index in [2.05, 4.69) is 171 Å². The number of hydrogen-bond donors (Lipinski definition) is 0. The molecule has 0 N–H and O–H groups in total. The van der Waals surface area contributed by atoms with Gasteiger partial charge in [-0.1, -0.05) is 171 Å². The Labute approximate surface area is 270 Å². The molecule has 0 saturated heterocycles. The maximum absolute atomic E-state index is 2.63. The van der Waals surface area contributed by atoms with Gasteiger partial charge in [-0.2, -0.15) is 0 Å². The van der Waals surface area contributed by atoms with Crippen molar-refractivity contribution in [2.45, 2.75) is 203 Å². The van der Waals surface area contributed by atoms with Gasteiger partial charge in [-0.3, -0.25) is 0 Å². The van der Waals surface area contributed by atoms with Crippen LogP contribution in [0.5, 0.6) is 0 Å². The molecule has 2 aromatic rings. The second-order valence-corrected chi connectivity index (χ2v) is 20.8. The summed E-state index contributed by atoms with van der Waals surface area (Å²) in [5, 5.41) is 0. The summed E-state index contributed by atoms with van der Waals surface area (Å²) in [6.07, 6.45) is 1.07. The van der Waals surface area contributed by atoms with Gasteiger partial charge in [-0.25, -0.2) is 0 Å². The third-order valence-electron chi connectivity index (χ3n) is 9.17. The van der Waals surface area contributed by atoms with Crippen LogP contribution < -0.4 is 0 Å². The fourth-order valence-corrected chi connectivity index (χ4v) is 7.31. The van der Waals surface area contributed by atoms with Crippen molar-refractivity contribution < 1.29 is 0 Å². The van der Waals surface area contributed by atoms with Crippen molar-refractivity contribution in [2.75, 3.05) is 0 Å². The lowest BCUT2D eigenvalue weighted by Gasteiger charge is -2.43. The Kier molecular flexibility index (Phi) is 9.93. The van der Waals surface area contributed by atoms with Crippen molar-refractivity contribution in [3.8, 4) is 0 Å². The van der Waals surface area contributed by atoms with Gasteiger partial charge in [0.15, 0.2) is 0 Å². The van der Waals surface area contributed by atoms with E-state index in [4.69, 9.17) is 0 Å². The van der Waals surface area contributed by atoms with E-state index >= 15 is 0 Å². The second-order valence-electron chi connectivity index (χ2n) is 20.8. The van der Waals surface area contributed by atoms with E-state index in [1.54, 1.807) is 16.7 Å². The molecule has 0 aliphatic carbocycles. The van der Waals surface area contributed by atoms with Gasteiger partial charge in [0.05, 0.1) is 0 Å². The average Bonchev–Trinajstić information content (AvgIpc) is 2.73. The Morgan fingerprint density at radius 1 is 0.372 bits per heavy atom. The molecule has 43 heavy (non-hydrogen) atoms. The lowest BCUT2D eigenvalue weighted by molar-refractivity contribution is 0.482. The molecule has 2 rings (SSSR count). The summed E-state index contributed by atoms with van der Waals surface area (Å²) in [5.41, 5.74) is 14.1. The standard InChI is InChI=1S/C43H72/c1-23-28(27-24-29(37(2,3)4)34(41(14,15)16)30(25-27)38(5,6)7)33-35(42(17,18)19)31(39(8,9)10)26-32(40(11,12)13)36(33)43(20,21)22/h24-26,28H,23H2,1-22H3. The van der Waals surface area contributed by atoms with Gasteiger partial charge < -0.3 is 0 Å². The van der Waals surface area contributed by atoms with Crippen LogP contribution in [0.15, 0.2) is 18.2 Å². The summed E-state index contributed by atoms with van der Waals surface area (Å²) in [5.74, 6) is 0.308. The van der Waals surface area contributed by atoms with Gasteiger partial charge in [0.1, 0.15) is 0 Å². The normalized spacial score (nSPS) is 15.2. The third kappa shape index (κ3) is 8.00. The highest BCUT2D eigenvalue weighted by Gasteiger charge is 2.40. The molecule has 0 bridgehead atoms. The molecule has 0 saturated carbocycles. The van der Waals surface area contributed by atoms with Crippen LogP contribution in [0.2, 0.25) is 0 Å². The fourth-order valence-electron chi connectivity index (χ4n) is 7.31. The highest BCUT2D eigenvalue weighted by Crippen LogP contribution is 2.51. The molecule has 0 fully saturated rings. The Morgan fingerprint density at radius 3 is 0.837 bits per heavy atom. The molecule has 0 amide bonds. The Morgan fingerprint density at radius 2 is 0.628 bits per heavy atom. The van der Waals surface area contributed by atoms with Crippen LogP contribution in [-0.2, 0) is 37.9 Å². The van der Waals surface area contributed by atoms with Crippen molar-refractivity contribution in [1.82, 2.24) is 0 Å². The van der Waals surface area contributed by atoms with Crippen molar-refractivity contribution in [3.05, 3.63) is 68.3 Å². The summed E-state index contributed by atoms with van der Waals surface area (Å²) in [4.78, 5) is 0. The smallest absolute Gasteiger partial charge is 0.00930 e. The Bertz CT molecular complexity index is 1210. The monoisotopic (exact) mass is 589 g/mol. The molecule has 1 unspecified atom stereocenters. The Balaban J connectivity index is 3.45. The van der Waals surface area contributed by atoms with Gasteiger partial charge in [0.25, 0.3) is 0 Å². The topological polar surface area (TPSA) is 0 Å². The van der Waals surface area contributed by atoms with Crippen LogP contribution in [0.3, 0.4) is 0 Å². The lowest BCUT2D eigenvalue weighted by atomic mass is 9.61. The van der Waals surface area contributed by atoms with E-state index in [-0.39, 0.29) is 37.9 Å². The largest absolute Gasteiger partial charge is 0.0645 e. The van der Waals surface area contributed by atoms with E-state index in [9.17, 15) is 0 Å². The minimum absolute atomic E-state index is 0.00679. The van der Waals surface area contributed by atoms with E-state index in [1.807, 2.05) is 0 Å². The third-order valence-corrected chi connectivity index (χ3v) is 9.17. The maximum atomic E-state index is 2.63. The Hall–Kier alpha value is -1.56. The highest BCUT2D eigenvalue weighted by atomic mass is 14.4. The van der Waals surface area contributed by atoms with Crippen molar-refractivity contribution in [1.29, 1.82) is 0 Å². The second kappa shape index (κ2) is 11.4. The molecular formula is C43H72. The van der Waals surface area contributed by atoms with Crippen molar-refractivity contribution in [2.24, 2.45) is 0 Å². The van der Waals surface area contributed by atoms with Gasteiger partial charge >= 0.3 is 0 Å². The van der Waals surface area contributed by atoms with E-state index < -0.39 is 0 Å². The zero-order valence-electron chi connectivity index (χ0n) is 33.0. The molecular weight excluding hydrogens is 516 g/mol. The SMILES string of the molecule is CCC(c1cc(C(C)(C)C)c(C(C)(C)C)c(C(C)(C)C)c1)c1c(C(C)(C)C)c(C(C)(C)C)cc(C(C)(C)C)c1C(C)(C)C. The molecule has 0 heterocycles. The quantitative estimate of drug-likeness (QED) is 0.334. The van der Waals surface area contributed by atoms with E-state index in [0.29, 0.717) is 5.92 Å². The molecule has 0 spiro atoms. The molecule has 1 atom stereocenters. The predicted molar refractivity (Wildman–Crippen MR) is 196 cm³/mol. The summed E-state index contributed by atoms with van der Waals surface area (Å²) in [6.45, 7) is 53.3. The van der Waals surface area contributed by atoms with Crippen LogP contribution in [0.4, 0.5) is 0 Å². The fraction of sp³-hybridized carbons (Fsp3) is 0.721. The highest BCUT2D eigenvalue weighted by molar-refractivity contribution is 5.60. The van der Waals surface area contributed by atoms with Crippen LogP contribution in [0, 0.1) is 0 Å². The summed E-state index contributed by atoms with van der Waals surface area (Å²) < 4.78 is 0. The zero-order chi connectivity index (χ0) is 34.1. The molecule has 244 valence electrons. The minimum atomic E-state index is 0.00679. The molecule has 0 nitrogen and oxygen atoms in total. The van der Waals surface area contributed by atoms with Crippen LogP contribution in [0.25, 0.3) is 0 Å². The van der Waals surface area contributed by atoms with Gasteiger partial charge in [-0.15, -0.1) is 0 Å². The first-order valence-corrected chi connectivity index (χ1v) is 17.2. The molecule has 0 aliphatic rings. The first kappa shape index (κ1) is 37.6. The van der Waals surface area contributed by atoms with Crippen molar-refractivity contribution in [3.63, 3.8) is 0 Å². The number of rotatable bonds is 3. The van der Waals surface area contributed by atoms with E-state index in [0.717, 1.165) is 6.42 Å². The average molecular weight is 589 g/mol. The summed E-state index contributed by atoms with van der Waals surface area (Å²) in [6, 6.07) is 7.87. The molecule has 0 radical (unpaired) electrons. The first-order valence-electron chi connectivity index (χ1n) is 17.2. The van der Waals surface area contributed by atoms with Gasteiger partial charge in [0, 0.05) is 5.92 Å². The molecule has 0 aliphatic heterocycles. The first-order chi connectivity index (χ1) is 18.8. The maximum Gasteiger partial charge on any atom is 0.00930 e. The van der Waals surface area contributed by atoms with E-state index in [1.165, 1.54) is 33.4 Å². The number of benzene rings is 2. The lowest BCUT2D eigenvalue weighted by Crippen LogP contribution is -2.33. The van der Waals surface area contributed by atoms with Gasteiger partial charge in [0.2, 0.25) is 0 Å². The summed E-state index contributed by atoms with van der Waals surface area (Å²) >= 11 is 0. The van der Waals surface area contributed by atoms with Crippen molar-refractivity contribution >= 4 is 0 Å². The molecule has 2 aromatic carbocycles. The number of hydrogen-bond acceptors (Lipinski definition) is 0. The van der Waals surface area contributed by atoms with Crippen LogP contribution in [-0.4, -0.2) is 0 Å². The molecule has 0 heteroatoms. The molecule has 0 aromatic heterocycles. The minimum Gasteiger partial charge on any atom is -0.0645 e. The predicted octanol–water partition coefficient (Wildman–Crippen LogP) is 13.3. The summed E-state index contributed by atoms with van der Waals surface area (Å²) in [7, 11) is 0. The van der Waals surface area contributed by atoms with Crippen LogP contribution in [0.1, 0.15) is 215 Å².